The van der Waals surface area contributed by atoms with E-state index in [0.717, 1.165) is 16.9 Å². The Kier molecular flexibility index (Phi) is 6.97. The van der Waals surface area contributed by atoms with Crippen LogP contribution in [-0.4, -0.2) is 10.9 Å². The zero-order chi connectivity index (χ0) is 22.3. The first-order chi connectivity index (χ1) is 15.6. The summed E-state index contributed by atoms with van der Waals surface area (Å²) in [4.78, 5) is 18.4. The number of rotatable bonds is 8. The van der Waals surface area contributed by atoms with E-state index in [4.69, 9.17) is 4.74 Å². The number of benzene rings is 3. The fraction of sp³-hybridized carbons (Fsp3) is 0.185. The van der Waals surface area contributed by atoms with Gasteiger partial charge in [-0.25, -0.2) is 4.98 Å². The molecule has 0 radical (unpaired) electrons. The minimum atomic E-state index is -0.226. The zero-order valence-corrected chi connectivity index (χ0v) is 19.1. The van der Waals surface area contributed by atoms with Crippen LogP contribution in [0.15, 0.2) is 85.1 Å². The van der Waals surface area contributed by atoms with E-state index in [0.29, 0.717) is 29.0 Å². The molecule has 162 valence electrons. The highest BCUT2D eigenvalue weighted by molar-refractivity contribution is 7.15. The molecule has 0 bridgehead atoms. The number of para-hydroxylation sites is 1. The van der Waals surface area contributed by atoms with Gasteiger partial charge in [-0.05, 0) is 34.7 Å². The predicted molar refractivity (Wildman–Crippen MR) is 131 cm³/mol. The highest BCUT2D eigenvalue weighted by atomic mass is 32.1. The Hall–Kier alpha value is -3.44. The van der Waals surface area contributed by atoms with Crippen LogP contribution in [0.3, 0.4) is 0 Å². The van der Waals surface area contributed by atoms with E-state index in [1.54, 1.807) is 6.07 Å². The molecule has 0 aliphatic carbocycles. The maximum atomic E-state index is 12.9. The van der Waals surface area contributed by atoms with Crippen LogP contribution >= 0.6 is 11.3 Å². The summed E-state index contributed by atoms with van der Waals surface area (Å²) in [6.07, 6.45) is 2.62. The lowest BCUT2D eigenvalue weighted by molar-refractivity contribution is 0.102. The summed E-state index contributed by atoms with van der Waals surface area (Å²) in [7, 11) is 0. The summed E-state index contributed by atoms with van der Waals surface area (Å²) >= 11 is 1.49. The molecule has 5 heteroatoms. The molecule has 4 rings (SSSR count). The van der Waals surface area contributed by atoms with Crippen molar-refractivity contribution in [3.05, 3.63) is 112 Å². The summed E-state index contributed by atoms with van der Waals surface area (Å²) in [6, 6.07) is 25.8. The highest BCUT2D eigenvalue weighted by Crippen LogP contribution is 2.25. The molecule has 0 unspecified atom stereocenters. The Bertz CT molecular complexity index is 1170. The second-order valence-electron chi connectivity index (χ2n) is 7.93. The number of thiazole rings is 1. The van der Waals surface area contributed by atoms with Crippen LogP contribution in [0, 0.1) is 0 Å². The van der Waals surface area contributed by atoms with Gasteiger partial charge < -0.3 is 4.74 Å². The van der Waals surface area contributed by atoms with Gasteiger partial charge in [-0.2, -0.15) is 0 Å². The molecule has 0 aliphatic heterocycles. The van der Waals surface area contributed by atoms with Crippen molar-refractivity contribution in [1.82, 2.24) is 4.98 Å². The third kappa shape index (κ3) is 5.62. The van der Waals surface area contributed by atoms with Gasteiger partial charge in [0.2, 0.25) is 0 Å². The van der Waals surface area contributed by atoms with Crippen molar-refractivity contribution in [2.75, 3.05) is 5.32 Å². The number of carbonyl (C=O) groups excluding carboxylic acids is 1. The lowest BCUT2D eigenvalue weighted by atomic mass is 10.0. The van der Waals surface area contributed by atoms with E-state index in [-0.39, 0.29) is 5.91 Å². The maximum Gasteiger partial charge on any atom is 0.261 e. The van der Waals surface area contributed by atoms with Gasteiger partial charge in [-0.3, -0.25) is 10.1 Å². The monoisotopic (exact) mass is 442 g/mol. The molecule has 1 aromatic heterocycles. The number of anilines is 1. The lowest BCUT2D eigenvalue weighted by Crippen LogP contribution is -2.13. The van der Waals surface area contributed by atoms with Gasteiger partial charge in [-0.15, -0.1) is 11.3 Å². The SMILES string of the molecule is CC(C)c1ccc(Cc2cnc(NC(=O)c3ccccc3OCc3ccccc3)s2)cc1. The van der Waals surface area contributed by atoms with Crippen LogP contribution in [0.2, 0.25) is 0 Å². The molecule has 0 atom stereocenters. The molecule has 0 fully saturated rings. The molecule has 0 spiro atoms. The van der Waals surface area contributed by atoms with Crippen LogP contribution in [0.5, 0.6) is 5.75 Å². The first kappa shape index (κ1) is 21.8. The molecule has 1 N–H and O–H groups in total. The average molecular weight is 443 g/mol. The number of carbonyl (C=O) groups is 1. The van der Waals surface area contributed by atoms with Crippen molar-refractivity contribution in [1.29, 1.82) is 0 Å². The third-order valence-electron chi connectivity index (χ3n) is 5.17. The summed E-state index contributed by atoms with van der Waals surface area (Å²) in [5.74, 6) is 0.848. The minimum absolute atomic E-state index is 0.226. The molecule has 1 amide bonds. The zero-order valence-electron chi connectivity index (χ0n) is 18.2. The Labute approximate surface area is 192 Å². The van der Waals surface area contributed by atoms with Crippen molar-refractivity contribution < 1.29 is 9.53 Å². The van der Waals surface area contributed by atoms with Crippen molar-refractivity contribution in [3.63, 3.8) is 0 Å². The van der Waals surface area contributed by atoms with Crippen LogP contribution in [-0.2, 0) is 13.0 Å². The maximum absolute atomic E-state index is 12.9. The fourth-order valence-corrected chi connectivity index (χ4v) is 4.19. The average Bonchev–Trinajstić information content (AvgIpc) is 3.25. The lowest BCUT2D eigenvalue weighted by Gasteiger charge is -2.11. The van der Waals surface area contributed by atoms with Crippen LogP contribution < -0.4 is 10.1 Å². The van der Waals surface area contributed by atoms with E-state index >= 15 is 0 Å². The molecule has 0 aliphatic rings. The fourth-order valence-electron chi connectivity index (χ4n) is 3.35. The van der Waals surface area contributed by atoms with Crippen molar-refractivity contribution in [2.45, 2.75) is 32.8 Å². The summed E-state index contributed by atoms with van der Waals surface area (Å²) < 4.78 is 5.91. The number of hydrogen-bond acceptors (Lipinski definition) is 4. The molecule has 1 heterocycles. The molecule has 3 aromatic carbocycles. The topological polar surface area (TPSA) is 51.2 Å². The smallest absolute Gasteiger partial charge is 0.261 e. The first-order valence-electron chi connectivity index (χ1n) is 10.7. The van der Waals surface area contributed by atoms with Gasteiger partial charge in [0, 0.05) is 17.5 Å². The van der Waals surface area contributed by atoms with E-state index in [1.807, 2.05) is 54.7 Å². The van der Waals surface area contributed by atoms with Gasteiger partial charge in [0.15, 0.2) is 5.13 Å². The summed E-state index contributed by atoms with van der Waals surface area (Å²) in [5.41, 5.74) is 4.10. The van der Waals surface area contributed by atoms with Gasteiger partial charge in [0.25, 0.3) is 5.91 Å². The Morgan fingerprint density at radius 2 is 1.66 bits per heavy atom. The van der Waals surface area contributed by atoms with Gasteiger partial charge in [0.05, 0.1) is 5.56 Å². The minimum Gasteiger partial charge on any atom is -0.488 e. The molecule has 0 saturated heterocycles. The van der Waals surface area contributed by atoms with Crippen LogP contribution in [0.1, 0.15) is 51.7 Å². The molecule has 32 heavy (non-hydrogen) atoms. The second-order valence-corrected chi connectivity index (χ2v) is 9.04. The Balaban J connectivity index is 1.40. The largest absolute Gasteiger partial charge is 0.488 e. The summed E-state index contributed by atoms with van der Waals surface area (Å²) in [6.45, 7) is 4.79. The molecule has 4 nitrogen and oxygen atoms in total. The van der Waals surface area contributed by atoms with Crippen LogP contribution in [0.4, 0.5) is 5.13 Å². The number of ether oxygens (including phenoxy) is 1. The standard InChI is InChI=1S/C27H26N2O2S/c1-19(2)22-14-12-20(13-15-22)16-23-17-28-27(32-23)29-26(30)24-10-6-7-11-25(24)31-18-21-8-4-3-5-9-21/h3-15,17,19H,16,18H2,1-2H3,(H,28,29,30). The predicted octanol–water partition coefficient (Wildman–Crippen LogP) is 6.69. The summed E-state index contributed by atoms with van der Waals surface area (Å²) in [5, 5.41) is 3.50. The number of nitrogens with one attached hydrogen (secondary N) is 1. The quantitative estimate of drug-likeness (QED) is 0.331. The Morgan fingerprint density at radius 3 is 2.41 bits per heavy atom. The van der Waals surface area contributed by atoms with E-state index < -0.39 is 0 Å². The van der Waals surface area contributed by atoms with Gasteiger partial charge >= 0.3 is 0 Å². The molecule has 0 saturated carbocycles. The van der Waals surface area contributed by atoms with Crippen molar-refractivity contribution >= 4 is 22.4 Å². The normalized spacial score (nSPS) is 10.8. The van der Waals surface area contributed by atoms with Crippen molar-refractivity contribution in [3.8, 4) is 5.75 Å². The van der Waals surface area contributed by atoms with E-state index in [9.17, 15) is 4.79 Å². The highest BCUT2D eigenvalue weighted by Gasteiger charge is 2.14. The number of amides is 1. The Morgan fingerprint density at radius 1 is 0.938 bits per heavy atom. The molecular formula is C27H26N2O2S. The van der Waals surface area contributed by atoms with Crippen LogP contribution in [0.25, 0.3) is 0 Å². The first-order valence-corrected chi connectivity index (χ1v) is 11.5. The number of aromatic nitrogens is 1. The third-order valence-corrected chi connectivity index (χ3v) is 6.08. The van der Waals surface area contributed by atoms with Gasteiger partial charge in [-0.1, -0.05) is 80.6 Å². The number of hydrogen-bond donors (Lipinski definition) is 1. The number of nitrogens with zero attached hydrogens (tertiary/aromatic N) is 1. The van der Waals surface area contributed by atoms with Crippen molar-refractivity contribution in [2.24, 2.45) is 0 Å². The van der Waals surface area contributed by atoms with E-state index in [1.165, 1.54) is 22.5 Å². The molecular weight excluding hydrogens is 416 g/mol. The molecule has 4 aromatic rings. The van der Waals surface area contributed by atoms with E-state index in [2.05, 4.69) is 48.4 Å². The second kappa shape index (κ2) is 10.2. The van der Waals surface area contributed by atoms with Gasteiger partial charge in [0.1, 0.15) is 12.4 Å².